The van der Waals surface area contributed by atoms with Gasteiger partial charge in [-0.25, -0.2) is 4.39 Å². The molecule has 2 unspecified atom stereocenters. The molecule has 1 aliphatic carbocycles. The Morgan fingerprint density at radius 1 is 1.38 bits per heavy atom. The molecule has 4 nitrogen and oxygen atoms in total. The van der Waals surface area contributed by atoms with Gasteiger partial charge in [-0.05, 0) is 66.7 Å². The van der Waals surface area contributed by atoms with Gasteiger partial charge in [-0.3, -0.25) is 14.5 Å². The minimum atomic E-state index is -0.857. The maximum Gasteiger partial charge on any atom is 0.253 e. The fourth-order valence-corrected chi connectivity index (χ4v) is 3.24. The lowest BCUT2D eigenvalue weighted by atomic mass is 9.89. The molecule has 2 fully saturated rings. The van der Waals surface area contributed by atoms with Crippen LogP contribution in [0.25, 0.3) is 0 Å². The van der Waals surface area contributed by atoms with E-state index in [0.717, 1.165) is 12.8 Å². The van der Waals surface area contributed by atoms with E-state index in [0.29, 0.717) is 5.69 Å². The fraction of sp³-hybridized carbons (Fsp3) is 0.467. The first-order valence-electron chi connectivity index (χ1n) is 6.95. The highest BCUT2D eigenvalue weighted by molar-refractivity contribution is 9.10. The number of carbonyl (C=O) groups excluding carboxylic acids is 2. The first kappa shape index (κ1) is 14.5. The summed E-state index contributed by atoms with van der Waals surface area (Å²) in [4.78, 5) is 26.6. The van der Waals surface area contributed by atoms with E-state index in [4.69, 9.17) is 0 Å². The fourth-order valence-electron chi connectivity index (χ4n) is 2.87. The second-order valence-corrected chi connectivity index (χ2v) is 6.77. The molecule has 1 saturated heterocycles. The molecule has 2 amide bonds. The van der Waals surface area contributed by atoms with Crippen LogP contribution in [0.3, 0.4) is 0 Å². The van der Waals surface area contributed by atoms with E-state index in [-0.39, 0.29) is 22.2 Å². The summed E-state index contributed by atoms with van der Waals surface area (Å²) >= 11 is 3.12. The largest absolute Gasteiger partial charge is 0.340 e. The zero-order chi connectivity index (χ0) is 15.4. The van der Waals surface area contributed by atoms with Crippen LogP contribution in [0.4, 0.5) is 10.1 Å². The molecule has 0 spiro atoms. The van der Waals surface area contributed by atoms with Gasteiger partial charge in [0.1, 0.15) is 17.4 Å². The van der Waals surface area contributed by atoms with Crippen LogP contribution in [0.1, 0.15) is 26.7 Å². The van der Waals surface area contributed by atoms with E-state index in [9.17, 15) is 14.0 Å². The van der Waals surface area contributed by atoms with Crippen LogP contribution in [0.2, 0.25) is 0 Å². The van der Waals surface area contributed by atoms with Gasteiger partial charge in [-0.15, -0.1) is 0 Å². The summed E-state index contributed by atoms with van der Waals surface area (Å²) in [5, 5.41) is 2.86. The number of nitrogens with zero attached hydrogens (tertiary/aromatic N) is 1. The molecule has 21 heavy (non-hydrogen) atoms. The molecule has 1 saturated carbocycles. The molecule has 2 aliphatic rings. The summed E-state index contributed by atoms with van der Waals surface area (Å²) in [7, 11) is 0. The first-order chi connectivity index (χ1) is 9.84. The summed E-state index contributed by atoms with van der Waals surface area (Å²) in [6.45, 7) is 3.46. The third kappa shape index (κ3) is 2.25. The molecular weight excluding hydrogens is 339 g/mol. The number of amides is 2. The number of rotatable bonds is 2. The van der Waals surface area contributed by atoms with Crippen molar-refractivity contribution in [3.8, 4) is 0 Å². The van der Waals surface area contributed by atoms with Gasteiger partial charge < -0.3 is 5.32 Å². The molecule has 1 aliphatic heterocycles. The number of nitrogens with one attached hydrogen (secondary N) is 1. The van der Waals surface area contributed by atoms with Crippen molar-refractivity contribution in [3.05, 3.63) is 28.5 Å². The van der Waals surface area contributed by atoms with E-state index in [2.05, 4.69) is 21.2 Å². The predicted molar refractivity (Wildman–Crippen MR) is 80.3 cm³/mol. The summed E-state index contributed by atoms with van der Waals surface area (Å²) < 4.78 is 13.7. The van der Waals surface area contributed by atoms with Crippen molar-refractivity contribution in [2.75, 3.05) is 4.90 Å². The van der Waals surface area contributed by atoms with Crippen LogP contribution in [0.15, 0.2) is 22.7 Å². The van der Waals surface area contributed by atoms with Crippen LogP contribution in [-0.4, -0.2) is 23.4 Å². The van der Waals surface area contributed by atoms with Gasteiger partial charge in [0, 0.05) is 5.69 Å². The van der Waals surface area contributed by atoms with Gasteiger partial charge in [-0.1, -0.05) is 0 Å². The Hall–Kier alpha value is -1.43. The summed E-state index contributed by atoms with van der Waals surface area (Å²) in [5.74, 6) is -0.516. The maximum absolute atomic E-state index is 13.4. The molecule has 0 bridgehead atoms. The number of halogens is 2. The lowest BCUT2D eigenvalue weighted by Crippen LogP contribution is -2.69. The number of benzene rings is 1. The second kappa shape index (κ2) is 4.80. The van der Waals surface area contributed by atoms with Crippen molar-refractivity contribution in [3.63, 3.8) is 0 Å². The van der Waals surface area contributed by atoms with E-state index in [1.807, 2.05) is 0 Å². The Kier molecular flexibility index (Phi) is 3.31. The van der Waals surface area contributed by atoms with Crippen LogP contribution in [0, 0.1) is 11.7 Å². The number of anilines is 1. The molecule has 3 rings (SSSR count). The zero-order valence-electron chi connectivity index (χ0n) is 11.8. The average Bonchev–Trinajstić information content (AvgIpc) is 3.26. The Morgan fingerprint density at radius 3 is 2.62 bits per heavy atom. The lowest BCUT2D eigenvalue weighted by Gasteiger charge is -2.43. The Labute approximate surface area is 130 Å². The van der Waals surface area contributed by atoms with Gasteiger partial charge in [0.25, 0.3) is 5.91 Å². The van der Waals surface area contributed by atoms with Crippen LogP contribution < -0.4 is 10.2 Å². The predicted octanol–water partition coefficient (Wildman–Crippen LogP) is 2.61. The molecule has 1 heterocycles. The van der Waals surface area contributed by atoms with Crippen molar-refractivity contribution in [2.24, 2.45) is 5.92 Å². The molecule has 1 aromatic rings. The van der Waals surface area contributed by atoms with Crippen LogP contribution in [-0.2, 0) is 9.59 Å². The summed E-state index contributed by atoms with van der Waals surface area (Å²) in [5.41, 5.74) is -0.327. The number of carbonyl (C=O) groups is 2. The third-order valence-electron chi connectivity index (χ3n) is 4.39. The summed E-state index contributed by atoms with van der Waals surface area (Å²) in [6.07, 6.45) is 1.88. The minimum absolute atomic E-state index is 0.129. The molecule has 0 aromatic heterocycles. The van der Waals surface area contributed by atoms with Crippen molar-refractivity contribution in [1.82, 2.24) is 5.32 Å². The molecule has 112 valence electrons. The molecule has 0 radical (unpaired) electrons. The zero-order valence-corrected chi connectivity index (χ0v) is 13.4. The smallest absolute Gasteiger partial charge is 0.253 e. The Bertz CT molecular complexity index is 632. The van der Waals surface area contributed by atoms with Crippen molar-refractivity contribution < 1.29 is 14.0 Å². The van der Waals surface area contributed by atoms with Gasteiger partial charge in [-0.2, -0.15) is 0 Å². The SMILES string of the molecule is CC1C(=O)NC(C)(C2CC2)C(=O)N1c1ccc(F)c(Br)c1. The van der Waals surface area contributed by atoms with Gasteiger partial charge in [0.05, 0.1) is 4.47 Å². The Morgan fingerprint density at radius 2 is 2.05 bits per heavy atom. The van der Waals surface area contributed by atoms with E-state index < -0.39 is 17.4 Å². The Balaban J connectivity index is 2.03. The standard InChI is InChI=1S/C15H16BrFN2O2/c1-8-13(20)18-15(2,9-3-4-9)14(21)19(8)10-5-6-12(17)11(16)7-10/h5-9H,3-4H2,1-2H3,(H,18,20). The highest BCUT2D eigenvalue weighted by Gasteiger charge is 2.54. The number of hydrogen-bond donors (Lipinski definition) is 1. The third-order valence-corrected chi connectivity index (χ3v) is 5.00. The average molecular weight is 355 g/mol. The quantitative estimate of drug-likeness (QED) is 0.887. The normalized spacial score (nSPS) is 29.5. The maximum atomic E-state index is 13.4. The minimum Gasteiger partial charge on any atom is -0.340 e. The van der Waals surface area contributed by atoms with Crippen LogP contribution >= 0.6 is 15.9 Å². The lowest BCUT2D eigenvalue weighted by molar-refractivity contribution is -0.138. The first-order valence-corrected chi connectivity index (χ1v) is 7.74. The highest BCUT2D eigenvalue weighted by Crippen LogP contribution is 2.43. The van der Waals surface area contributed by atoms with Crippen molar-refractivity contribution in [2.45, 2.75) is 38.3 Å². The van der Waals surface area contributed by atoms with Gasteiger partial charge >= 0.3 is 0 Å². The van der Waals surface area contributed by atoms with Crippen molar-refractivity contribution in [1.29, 1.82) is 0 Å². The summed E-state index contributed by atoms with van der Waals surface area (Å²) in [6, 6.07) is 3.75. The molecule has 1 N–H and O–H groups in total. The molecule has 6 heteroatoms. The molecular formula is C15H16BrFN2O2. The number of piperazine rings is 1. The van der Waals surface area contributed by atoms with Crippen LogP contribution in [0.5, 0.6) is 0 Å². The van der Waals surface area contributed by atoms with Crippen molar-refractivity contribution >= 4 is 33.4 Å². The van der Waals surface area contributed by atoms with Gasteiger partial charge in [0.2, 0.25) is 5.91 Å². The highest BCUT2D eigenvalue weighted by atomic mass is 79.9. The molecule has 1 aromatic carbocycles. The topological polar surface area (TPSA) is 49.4 Å². The number of hydrogen-bond acceptors (Lipinski definition) is 2. The van der Waals surface area contributed by atoms with Gasteiger partial charge in [0.15, 0.2) is 0 Å². The van der Waals surface area contributed by atoms with E-state index in [1.54, 1.807) is 13.8 Å². The van der Waals surface area contributed by atoms with E-state index in [1.165, 1.54) is 23.1 Å². The molecule has 2 atom stereocenters. The van der Waals surface area contributed by atoms with E-state index >= 15 is 0 Å². The second-order valence-electron chi connectivity index (χ2n) is 5.92. The monoisotopic (exact) mass is 354 g/mol.